The van der Waals surface area contributed by atoms with Gasteiger partial charge in [0.15, 0.2) is 16.6 Å². The molecule has 0 aromatic heterocycles. The van der Waals surface area contributed by atoms with Crippen molar-refractivity contribution in [3.63, 3.8) is 0 Å². The molecule has 0 unspecified atom stereocenters. The van der Waals surface area contributed by atoms with E-state index in [4.69, 9.17) is 26.4 Å². The molecule has 0 aliphatic heterocycles. The van der Waals surface area contributed by atoms with E-state index in [0.29, 0.717) is 22.8 Å². The number of nitrogens with one attached hydrogen (secondary N) is 4. The average molecular weight is 453 g/mol. The number of carbonyl (C=O) groups is 1. The first-order valence-electron chi connectivity index (χ1n) is 9.63. The molecule has 3 aromatic rings. The van der Waals surface area contributed by atoms with Gasteiger partial charge in [-0.1, -0.05) is 18.2 Å². The standard InChI is InChI=1S/C23H24N4O4S/c1-29-19-13-15(14-20(30-2)21(19)31-3)22(28)26-27-23(32)25-18-11-9-17(10-12-18)24-16-7-5-4-6-8-16/h4-14,24H,1-3H3,(H,26,28)(H2,25,27,32). The zero-order chi connectivity index (χ0) is 22.9. The van der Waals surface area contributed by atoms with Crippen molar-refractivity contribution in [2.45, 2.75) is 0 Å². The molecule has 0 aliphatic rings. The van der Waals surface area contributed by atoms with Gasteiger partial charge in [0, 0.05) is 22.6 Å². The van der Waals surface area contributed by atoms with Crippen LogP contribution in [0.25, 0.3) is 0 Å². The highest BCUT2D eigenvalue weighted by atomic mass is 32.1. The lowest BCUT2D eigenvalue weighted by Gasteiger charge is -2.15. The van der Waals surface area contributed by atoms with E-state index in [1.165, 1.54) is 21.3 Å². The van der Waals surface area contributed by atoms with Gasteiger partial charge in [0.25, 0.3) is 5.91 Å². The predicted molar refractivity (Wildman–Crippen MR) is 129 cm³/mol. The van der Waals surface area contributed by atoms with Crippen LogP contribution in [0.15, 0.2) is 66.7 Å². The highest BCUT2D eigenvalue weighted by Crippen LogP contribution is 2.38. The lowest BCUT2D eigenvalue weighted by molar-refractivity contribution is 0.0943. The fraction of sp³-hybridized carbons (Fsp3) is 0.130. The molecule has 0 heterocycles. The molecule has 32 heavy (non-hydrogen) atoms. The number of rotatable bonds is 7. The number of para-hydroxylation sites is 1. The molecule has 0 atom stereocenters. The van der Waals surface area contributed by atoms with Crippen molar-refractivity contribution >= 4 is 40.3 Å². The SMILES string of the molecule is COc1cc(C(=O)NNC(=S)Nc2ccc(Nc3ccccc3)cc2)cc(OC)c1OC. The third-order valence-corrected chi connectivity index (χ3v) is 4.63. The van der Waals surface area contributed by atoms with Gasteiger partial charge in [0.05, 0.1) is 21.3 Å². The Hall–Kier alpha value is -3.98. The Kier molecular flexibility index (Phi) is 7.71. The van der Waals surface area contributed by atoms with Crippen LogP contribution in [0, 0.1) is 0 Å². The molecular formula is C23H24N4O4S. The van der Waals surface area contributed by atoms with Crippen LogP contribution in [0.4, 0.5) is 17.1 Å². The Morgan fingerprint density at radius 3 is 1.88 bits per heavy atom. The summed E-state index contributed by atoms with van der Waals surface area (Å²) in [7, 11) is 4.46. The van der Waals surface area contributed by atoms with Crippen LogP contribution >= 0.6 is 12.2 Å². The minimum Gasteiger partial charge on any atom is -0.493 e. The Labute approximate surface area is 191 Å². The maximum atomic E-state index is 12.5. The quantitative estimate of drug-likeness (QED) is 0.315. The third kappa shape index (κ3) is 5.79. The molecule has 166 valence electrons. The lowest BCUT2D eigenvalue weighted by Crippen LogP contribution is -2.43. The first-order chi connectivity index (χ1) is 15.5. The molecular weight excluding hydrogens is 428 g/mol. The van der Waals surface area contributed by atoms with Gasteiger partial charge in [-0.15, -0.1) is 0 Å². The van der Waals surface area contributed by atoms with Gasteiger partial charge >= 0.3 is 0 Å². The molecule has 4 N–H and O–H groups in total. The molecule has 0 fully saturated rings. The Bertz CT molecular complexity index is 1050. The lowest BCUT2D eigenvalue weighted by atomic mass is 10.1. The van der Waals surface area contributed by atoms with Gasteiger partial charge in [-0.05, 0) is 60.7 Å². The van der Waals surface area contributed by atoms with Crippen molar-refractivity contribution in [2.75, 3.05) is 32.0 Å². The summed E-state index contributed by atoms with van der Waals surface area (Å²) in [5.41, 5.74) is 8.24. The molecule has 0 saturated carbocycles. The number of ether oxygens (including phenoxy) is 3. The summed E-state index contributed by atoms with van der Waals surface area (Å²) >= 11 is 5.26. The van der Waals surface area contributed by atoms with E-state index >= 15 is 0 Å². The van der Waals surface area contributed by atoms with Crippen LogP contribution in [-0.4, -0.2) is 32.3 Å². The number of anilines is 3. The van der Waals surface area contributed by atoms with E-state index in [1.54, 1.807) is 12.1 Å². The number of hydrogen-bond donors (Lipinski definition) is 4. The summed E-state index contributed by atoms with van der Waals surface area (Å²) in [5, 5.41) is 6.55. The number of thiocarbonyl (C=S) groups is 1. The Morgan fingerprint density at radius 1 is 0.750 bits per heavy atom. The number of carbonyl (C=O) groups excluding carboxylic acids is 1. The topological polar surface area (TPSA) is 92.9 Å². The first-order valence-corrected chi connectivity index (χ1v) is 10.0. The summed E-state index contributed by atoms with van der Waals surface area (Å²) in [4.78, 5) is 12.5. The summed E-state index contributed by atoms with van der Waals surface area (Å²) in [6.45, 7) is 0. The zero-order valence-corrected chi connectivity index (χ0v) is 18.7. The molecule has 8 nitrogen and oxygen atoms in total. The summed E-state index contributed by atoms with van der Waals surface area (Å²) in [6.07, 6.45) is 0. The van der Waals surface area contributed by atoms with E-state index in [2.05, 4.69) is 21.5 Å². The number of hydrazine groups is 1. The van der Waals surface area contributed by atoms with E-state index in [1.807, 2.05) is 54.6 Å². The van der Waals surface area contributed by atoms with Crippen LogP contribution in [0.5, 0.6) is 17.2 Å². The number of benzene rings is 3. The molecule has 9 heteroatoms. The summed E-state index contributed by atoms with van der Waals surface area (Å²) < 4.78 is 15.8. The average Bonchev–Trinajstić information content (AvgIpc) is 2.83. The van der Waals surface area contributed by atoms with Crippen molar-refractivity contribution in [1.29, 1.82) is 0 Å². The van der Waals surface area contributed by atoms with Crippen molar-refractivity contribution in [1.82, 2.24) is 10.9 Å². The molecule has 0 spiro atoms. The van der Waals surface area contributed by atoms with Gasteiger partial charge in [0.1, 0.15) is 0 Å². The predicted octanol–water partition coefficient (Wildman–Crippen LogP) is 4.09. The maximum absolute atomic E-state index is 12.5. The van der Waals surface area contributed by atoms with Gasteiger partial charge in [0.2, 0.25) is 5.75 Å². The maximum Gasteiger partial charge on any atom is 0.269 e. The Balaban J connectivity index is 1.56. The fourth-order valence-electron chi connectivity index (χ4n) is 2.89. The van der Waals surface area contributed by atoms with Crippen molar-refractivity contribution in [3.8, 4) is 17.2 Å². The second-order valence-electron chi connectivity index (χ2n) is 6.52. The summed E-state index contributed by atoms with van der Waals surface area (Å²) in [5.74, 6) is 0.738. The number of amides is 1. The molecule has 0 bridgehead atoms. The van der Waals surface area contributed by atoms with Crippen molar-refractivity contribution in [3.05, 3.63) is 72.3 Å². The van der Waals surface area contributed by atoms with E-state index < -0.39 is 5.91 Å². The largest absolute Gasteiger partial charge is 0.493 e. The van der Waals surface area contributed by atoms with Gasteiger partial charge in [-0.25, -0.2) is 0 Å². The third-order valence-electron chi connectivity index (χ3n) is 4.42. The molecule has 0 saturated heterocycles. The van der Waals surface area contributed by atoms with Gasteiger partial charge in [-0.3, -0.25) is 15.6 Å². The zero-order valence-electron chi connectivity index (χ0n) is 17.9. The second kappa shape index (κ2) is 10.9. The van der Waals surface area contributed by atoms with E-state index in [-0.39, 0.29) is 5.11 Å². The molecule has 1 amide bonds. The highest BCUT2D eigenvalue weighted by molar-refractivity contribution is 7.80. The molecule has 3 aromatic carbocycles. The number of methoxy groups -OCH3 is 3. The van der Waals surface area contributed by atoms with Gasteiger partial charge in [-0.2, -0.15) is 0 Å². The Morgan fingerprint density at radius 2 is 1.31 bits per heavy atom. The molecule has 0 radical (unpaired) electrons. The van der Waals surface area contributed by atoms with E-state index in [9.17, 15) is 4.79 Å². The van der Waals surface area contributed by atoms with Gasteiger partial charge < -0.3 is 24.8 Å². The molecule has 0 aliphatic carbocycles. The van der Waals surface area contributed by atoms with Crippen molar-refractivity contribution in [2.24, 2.45) is 0 Å². The number of hydrogen-bond acceptors (Lipinski definition) is 6. The smallest absolute Gasteiger partial charge is 0.269 e. The minimum atomic E-state index is -0.421. The van der Waals surface area contributed by atoms with Crippen LogP contribution in [0.1, 0.15) is 10.4 Å². The van der Waals surface area contributed by atoms with Crippen LogP contribution in [0.3, 0.4) is 0 Å². The normalized spacial score (nSPS) is 9.97. The molecule has 3 rings (SSSR count). The summed E-state index contributed by atoms with van der Waals surface area (Å²) in [6, 6.07) is 20.6. The second-order valence-corrected chi connectivity index (χ2v) is 6.92. The fourth-order valence-corrected chi connectivity index (χ4v) is 3.05. The monoisotopic (exact) mass is 452 g/mol. The minimum absolute atomic E-state index is 0.231. The first kappa shape index (κ1) is 22.7. The van der Waals surface area contributed by atoms with Crippen LogP contribution in [-0.2, 0) is 0 Å². The van der Waals surface area contributed by atoms with Crippen LogP contribution in [0.2, 0.25) is 0 Å². The highest BCUT2D eigenvalue weighted by Gasteiger charge is 2.17. The van der Waals surface area contributed by atoms with E-state index in [0.717, 1.165) is 17.1 Å². The van der Waals surface area contributed by atoms with Crippen molar-refractivity contribution < 1.29 is 19.0 Å². The van der Waals surface area contributed by atoms with Crippen LogP contribution < -0.4 is 35.7 Å².